The van der Waals surface area contributed by atoms with E-state index in [2.05, 4.69) is 10.2 Å². The van der Waals surface area contributed by atoms with Crippen molar-refractivity contribution in [2.45, 2.75) is 13.8 Å². The van der Waals surface area contributed by atoms with Crippen molar-refractivity contribution in [3.05, 3.63) is 41.7 Å². The van der Waals surface area contributed by atoms with Crippen molar-refractivity contribution in [3.63, 3.8) is 0 Å². The van der Waals surface area contributed by atoms with Crippen molar-refractivity contribution < 1.29 is 4.79 Å². The van der Waals surface area contributed by atoms with Gasteiger partial charge in [-0.05, 0) is 26.0 Å². The van der Waals surface area contributed by atoms with Gasteiger partial charge in [0.25, 0.3) is 0 Å². The van der Waals surface area contributed by atoms with Crippen molar-refractivity contribution in [3.8, 4) is 0 Å². The number of aryl methyl sites for hydroxylation is 2. The molecule has 1 amide bonds. The van der Waals surface area contributed by atoms with Crippen LogP contribution in [0.4, 0.5) is 11.4 Å². The molecule has 0 atom stereocenters. The Balaban J connectivity index is 2.49. The molecule has 0 spiro atoms. The lowest BCUT2D eigenvalue weighted by atomic mass is 10.2. The number of anilines is 2. The first-order valence-corrected chi connectivity index (χ1v) is 5.05. The maximum Gasteiger partial charge on any atom is 0.218 e. The van der Waals surface area contributed by atoms with Crippen LogP contribution in [0.15, 0.2) is 30.3 Å². The highest BCUT2D eigenvalue weighted by Gasteiger charge is 2.15. The van der Waals surface area contributed by atoms with E-state index in [-0.39, 0.29) is 0 Å². The summed E-state index contributed by atoms with van der Waals surface area (Å²) in [6.07, 6.45) is 0.806. The Labute approximate surface area is 93.9 Å². The molecular weight excluding hydrogens is 202 g/mol. The van der Waals surface area contributed by atoms with E-state index >= 15 is 0 Å². The number of amides is 1. The minimum Gasteiger partial charge on any atom is -0.280 e. The van der Waals surface area contributed by atoms with Crippen molar-refractivity contribution in [2.24, 2.45) is 0 Å². The fraction of sp³-hybridized carbons (Fsp3) is 0.167. The fourth-order valence-corrected chi connectivity index (χ4v) is 1.73. The van der Waals surface area contributed by atoms with E-state index in [9.17, 15) is 4.79 Å². The molecule has 2 aromatic rings. The van der Waals surface area contributed by atoms with E-state index in [4.69, 9.17) is 0 Å². The highest BCUT2D eigenvalue weighted by molar-refractivity contribution is 5.88. The van der Waals surface area contributed by atoms with Crippen LogP contribution in [0.25, 0.3) is 0 Å². The van der Waals surface area contributed by atoms with E-state index in [1.807, 2.05) is 44.2 Å². The summed E-state index contributed by atoms with van der Waals surface area (Å²) in [5.41, 5.74) is 3.35. The van der Waals surface area contributed by atoms with Gasteiger partial charge in [0, 0.05) is 5.69 Å². The average Bonchev–Trinajstić information content (AvgIpc) is 2.63. The Hall–Kier alpha value is -2.10. The van der Waals surface area contributed by atoms with Crippen LogP contribution in [0.2, 0.25) is 0 Å². The highest BCUT2D eigenvalue weighted by Crippen LogP contribution is 2.28. The largest absolute Gasteiger partial charge is 0.280 e. The minimum absolute atomic E-state index is 0.806. The number of benzene rings is 1. The molecule has 1 aromatic carbocycles. The number of H-pyrrole nitrogens is 1. The second kappa shape index (κ2) is 4.18. The third-order valence-electron chi connectivity index (χ3n) is 2.47. The number of aromatic nitrogens is 2. The van der Waals surface area contributed by atoms with Gasteiger partial charge in [0.05, 0.1) is 17.1 Å². The number of nitrogens with one attached hydrogen (secondary N) is 1. The van der Waals surface area contributed by atoms with Gasteiger partial charge >= 0.3 is 0 Å². The zero-order valence-electron chi connectivity index (χ0n) is 9.27. The molecule has 16 heavy (non-hydrogen) atoms. The van der Waals surface area contributed by atoms with Gasteiger partial charge in [-0.3, -0.25) is 14.8 Å². The molecule has 0 aliphatic heterocycles. The molecular formula is C12H13N3O. The average molecular weight is 215 g/mol. The van der Waals surface area contributed by atoms with E-state index in [1.165, 1.54) is 0 Å². The normalized spacial score (nSPS) is 10.1. The number of rotatable bonds is 3. The summed E-state index contributed by atoms with van der Waals surface area (Å²) >= 11 is 0. The molecule has 0 saturated carbocycles. The Kier molecular flexibility index (Phi) is 2.72. The highest BCUT2D eigenvalue weighted by atomic mass is 16.1. The van der Waals surface area contributed by atoms with Crippen LogP contribution >= 0.6 is 0 Å². The quantitative estimate of drug-likeness (QED) is 0.799. The summed E-state index contributed by atoms with van der Waals surface area (Å²) in [6.45, 7) is 3.77. The second-order valence-electron chi connectivity index (χ2n) is 3.59. The van der Waals surface area contributed by atoms with Crippen molar-refractivity contribution in [1.82, 2.24) is 10.2 Å². The number of nitrogens with zero attached hydrogens (tertiary/aromatic N) is 2. The third-order valence-corrected chi connectivity index (χ3v) is 2.47. The van der Waals surface area contributed by atoms with E-state index in [0.29, 0.717) is 0 Å². The van der Waals surface area contributed by atoms with Gasteiger partial charge in [-0.2, -0.15) is 5.10 Å². The van der Waals surface area contributed by atoms with Crippen molar-refractivity contribution in [1.29, 1.82) is 0 Å². The smallest absolute Gasteiger partial charge is 0.218 e. The first-order chi connectivity index (χ1) is 7.74. The maximum atomic E-state index is 11.2. The van der Waals surface area contributed by atoms with Gasteiger partial charge in [-0.25, -0.2) is 0 Å². The molecule has 1 N–H and O–H groups in total. The fourth-order valence-electron chi connectivity index (χ4n) is 1.73. The zero-order chi connectivity index (χ0) is 11.5. The third kappa shape index (κ3) is 1.69. The van der Waals surface area contributed by atoms with Crippen LogP contribution in [0.3, 0.4) is 0 Å². The van der Waals surface area contributed by atoms with Crippen molar-refractivity contribution >= 4 is 17.8 Å². The zero-order valence-corrected chi connectivity index (χ0v) is 9.27. The number of aromatic amines is 1. The van der Waals surface area contributed by atoms with E-state index in [0.717, 1.165) is 29.2 Å². The van der Waals surface area contributed by atoms with Crippen LogP contribution in [0.5, 0.6) is 0 Å². The van der Waals surface area contributed by atoms with Gasteiger partial charge in [0.15, 0.2) is 0 Å². The lowest BCUT2D eigenvalue weighted by Crippen LogP contribution is -2.15. The summed E-state index contributed by atoms with van der Waals surface area (Å²) in [5.74, 6) is 0. The molecule has 0 saturated heterocycles. The minimum atomic E-state index is 0.806. The number of para-hydroxylation sites is 1. The molecule has 0 radical (unpaired) electrons. The lowest BCUT2D eigenvalue weighted by Gasteiger charge is -2.17. The lowest BCUT2D eigenvalue weighted by molar-refractivity contribution is -0.106. The SMILES string of the molecule is Cc1n[nH]c(C)c1N(C=O)c1ccccc1. The number of hydrogen-bond donors (Lipinski definition) is 1. The molecule has 0 aliphatic rings. The number of hydrogen-bond acceptors (Lipinski definition) is 2. The molecule has 4 heteroatoms. The van der Waals surface area contributed by atoms with Gasteiger partial charge in [0.2, 0.25) is 6.41 Å². The van der Waals surface area contributed by atoms with Crippen LogP contribution in [-0.2, 0) is 4.79 Å². The van der Waals surface area contributed by atoms with Gasteiger partial charge in [-0.1, -0.05) is 18.2 Å². The molecule has 4 nitrogen and oxygen atoms in total. The predicted octanol–water partition coefficient (Wildman–Crippen LogP) is 2.32. The Morgan fingerprint density at radius 1 is 1.25 bits per heavy atom. The number of carbonyl (C=O) groups excluding carboxylic acids is 1. The van der Waals surface area contributed by atoms with Gasteiger partial charge in [0.1, 0.15) is 0 Å². The summed E-state index contributed by atoms with van der Waals surface area (Å²) in [4.78, 5) is 12.8. The summed E-state index contributed by atoms with van der Waals surface area (Å²) < 4.78 is 0. The molecule has 0 aliphatic carbocycles. The van der Waals surface area contributed by atoms with E-state index in [1.54, 1.807) is 4.90 Å². The van der Waals surface area contributed by atoms with Crippen molar-refractivity contribution in [2.75, 3.05) is 4.90 Å². The Morgan fingerprint density at radius 3 is 2.44 bits per heavy atom. The van der Waals surface area contributed by atoms with Gasteiger partial charge < -0.3 is 0 Å². The standard InChI is InChI=1S/C12H13N3O/c1-9-12(10(2)14-13-9)15(8-16)11-6-4-3-5-7-11/h3-8H,1-2H3,(H,13,14). The summed E-state index contributed by atoms with van der Waals surface area (Å²) in [5, 5.41) is 6.96. The summed E-state index contributed by atoms with van der Waals surface area (Å²) in [7, 11) is 0. The topological polar surface area (TPSA) is 49.0 Å². The first-order valence-electron chi connectivity index (χ1n) is 5.05. The summed E-state index contributed by atoms with van der Waals surface area (Å²) in [6, 6.07) is 9.50. The van der Waals surface area contributed by atoms with Crippen LogP contribution in [0, 0.1) is 13.8 Å². The molecule has 82 valence electrons. The maximum absolute atomic E-state index is 11.2. The van der Waals surface area contributed by atoms with Crippen LogP contribution < -0.4 is 4.90 Å². The molecule has 1 heterocycles. The first kappa shape index (κ1) is 10.4. The van der Waals surface area contributed by atoms with E-state index < -0.39 is 0 Å². The van der Waals surface area contributed by atoms with Gasteiger partial charge in [-0.15, -0.1) is 0 Å². The molecule has 1 aromatic heterocycles. The Bertz CT molecular complexity index is 471. The number of carbonyl (C=O) groups is 1. The molecule has 0 fully saturated rings. The molecule has 2 rings (SSSR count). The monoisotopic (exact) mass is 215 g/mol. The molecule has 0 unspecified atom stereocenters. The molecule has 0 bridgehead atoms. The van der Waals surface area contributed by atoms with Crippen LogP contribution in [-0.4, -0.2) is 16.6 Å². The second-order valence-corrected chi connectivity index (χ2v) is 3.59. The predicted molar refractivity (Wildman–Crippen MR) is 62.7 cm³/mol. The van der Waals surface area contributed by atoms with Crippen LogP contribution in [0.1, 0.15) is 11.4 Å². The Morgan fingerprint density at radius 2 is 1.94 bits per heavy atom.